The largest absolute Gasteiger partial charge is 0.511 e. The van der Waals surface area contributed by atoms with E-state index in [0.717, 1.165) is 37.1 Å². The number of halogens is 1. The Morgan fingerprint density at radius 2 is 1.87 bits per heavy atom. The molecule has 4 N–H and O–H groups in total. The molecule has 0 aromatic heterocycles. The first kappa shape index (κ1) is 25.3. The number of sulfonamides is 2. The van der Waals surface area contributed by atoms with Crippen molar-refractivity contribution in [1.82, 2.24) is 4.90 Å². The van der Waals surface area contributed by atoms with Crippen molar-refractivity contribution in [3.05, 3.63) is 65.2 Å². The zero-order chi connectivity index (χ0) is 27.0. The quantitative estimate of drug-likeness (QED) is 0.435. The molecule has 2 heterocycles. The van der Waals surface area contributed by atoms with Crippen molar-refractivity contribution >= 4 is 37.3 Å². The number of hydrogen-bond acceptors (Lipinski definition) is 8. The number of aliphatic hydroxyl groups excluding tert-OH is 2. The molecule has 5 atom stereocenters. The third kappa shape index (κ3) is 4.27. The Morgan fingerprint density at radius 1 is 1.16 bits per heavy atom. The van der Waals surface area contributed by atoms with Crippen molar-refractivity contribution < 1.29 is 31.4 Å². The average molecular weight is 563 g/mol. The lowest BCUT2D eigenvalue weighted by Gasteiger charge is -2.47. The van der Waals surface area contributed by atoms with E-state index in [0.29, 0.717) is 0 Å². The molecule has 2 aromatic rings. The molecule has 0 amide bonds. The molecule has 5 unspecified atom stereocenters. The lowest BCUT2D eigenvalue weighted by molar-refractivity contribution is -0.0555. The molecule has 2 aromatic carbocycles. The summed E-state index contributed by atoms with van der Waals surface area (Å²) in [4.78, 5) is 1.61. The van der Waals surface area contributed by atoms with Crippen LogP contribution >= 0.6 is 0 Å². The van der Waals surface area contributed by atoms with Gasteiger partial charge >= 0.3 is 0 Å². The van der Waals surface area contributed by atoms with Crippen LogP contribution < -0.4 is 10.0 Å². The average Bonchev–Trinajstić information content (AvgIpc) is 3.45. The number of fused-ring (bicyclic) bond motifs is 6. The molecule has 0 spiro atoms. The zero-order valence-electron chi connectivity index (χ0n) is 20.4. The predicted molar refractivity (Wildman–Crippen MR) is 139 cm³/mol. The first-order valence-electron chi connectivity index (χ1n) is 12.3. The van der Waals surface area contributed by atoms with E-state index in [2.05, 4.69) is 14.4 Å². The van der Waals surface area contributed by atoms with E-state index < -0.39 is 26.3 Å². The fraction of sp³-hybridized carbons (Fsp3) is 0.400. The standard InChI is InChI=1S/C25H27FN4O6S2/c1-37(33,34)28-17-8-9-18-19(11-17)38(35,36)29-24(27-18)21-23(31)20-14-4-5-15(10-14)22(20)30(25(21)32)12-13-2-6-16(26)7-3-13/h2-3,6-9,11,14-15,20,22,25,28,31-32H,4-5,10,12H2,1H3,(H,27,29). The van der Waals surface area contributed by atoms with Gasteiger partial charge in [-0.1, -0.05) is 12.1 Å². The van der Waals surface area contributed by atoms with E-state index in [9.17, 15) is 31.4 Å². The van der Waals surface area contributed by atoms with Gasteiger partial charge in [-0.3, -0.25) is 9.62 Å². The molecule has 4 aliphatic rings. The number of amidine groups is 1. The number of anilines is 2. The summed E-state index contributed by atoms with van der Waals surface area (Å²) < 4.78 is 69.2. The molecule has 0 saturated heterocycles. The van der Waals surface area contributed by atoms with E-state index in [1.165, 1.54) is 24.3 Å². The van der Waals surface area contributed by atoms with Crippen LogP contribution in [0.3, 0.4) is 0 Å². The molecule has 38 heavy (non-hydrogen) atoms. The molecule has 2 aliphatic heterocycles. The van der Waals surface area contributed by atoms with Crippen LogP contribution in [-0.2, 0) is 26.6 Å². The minimum absolute atomic E-state index is 0.00604. The van der Waals surface area contributed by atoms with Gasteiger partial charge in [-0.25, -0.2) is 12.8 Å². The molecular formula is C25H27FN4O6S2. The van der Waals surface area contributed by atoms with Crippen LogP contribution in [0.1, 0.15) is 24.8 Å². The Morgan fingerprint density at radius 3 is 2.58 bits per heavy atom. The molecule has 202 valence electrons. The number of rotatable bonds is 5. The smallest absolute Gasteiger partial charge is 0.286 e. The van der Waals surface area contributed by atoms with Crippen LogP contribution in [0.25, 0.3) is 0 Å². The third-order valence-corrected chi connectivity index (χ3v) is 9.90. The van der Waals surface area contributed by atoms with Gasteiger partial charge in [0.1, 0.15) is 22.7 Å². The highest BCUT2D eigenvalue weighted by molar-refractivity contribution is 7.92. The van der Waals surface area contributed by atoms with Crippen molar-refractivity contribution in [3.8, 4) is 0 Å². The Labute approximate surface area is 220 Å². The van der Waals surface area contributed by atoms with Gasteiger partial charge in [0.15, 0.2) is 5.84 Å². The predicted octanol–water partition coefficient (Wildman–Crippen LogP) is 2.77. The molecule has 2 saturated carbocycles. The lowest BCUT2D eigenvalue weighted by Crippen LogP contribution is -2.56. The molecule has 6 rings (SSSR count). The molecule has 2 bridgehead atoms. The number of nitrogens with one attached hydrogen (secondary N) is 2. The minimum Gasteiger partial charge on any atom is -0.511 e. The molecule has 10 nitrogen and oxygen atoms in total. The Hall–Kier alpha value is -3.00. The SMILES string of the molecule is CS(=O)(=O)Nc1ccc2c(c1)S(=O)(=O)N=C(C1=C(O)C3C4CCC(C4)C3N(Cc3ccc(F)cc3)C1O)N2. The summed E-state index contributed by atoms with van der Waals surface area (Å²) in [6.45, 7) is 0.278. The molecule has 13 heteroatoms. The number of aliphatic hydroxyl groups is 2. The normalized spacial score (nSPS) is 29.9. The second-order valence-electron chi connectivity index (χ2n) is 10.4. The number of hydrogen-bond donors (Lipinski definition) is 4. The van der Waals surface area contributed by atoms with E-state index in [1.807, 2.05) is 4.90 Å². The highest BCUT2D eigenvalue weighted by Gasteiger charge is 2.57. The summed E-state index contributed by atoms with van der Waals surface area (Å²) in [5.74, 6) is -0.441. The van der Waals surface area contributed by atoms with Gasteiger partial charge in [-0.2, -0.15) is 8.42 Å². The van der Waals surface area contributed by atoms with Gasteiger partial charge in [-0.05, 0) is 67.0 Å². The minimum atomic E-state index is -4.30. The Kier molecular flexibility index (Phi) is 5.83. The van der Waals surface area contributed by atoms with Crippen LogP contribution in [0.4, 0.5) is 15.8 Å². The molecule has 0 radical (unpaired) electrons. The van der Waals surface area contributed by atoms with Gasteiger partial charge in [0.05, 0.1) is 17.5 Å². The highest BCUT2D eigenvalue weighted by Crippen LogP contribution is 2.56. The Balaban J connectivity index is 1.40. The Bertz CT molecular complexity index is 1590. The highest BCUT2D eigenvalue weighted by atomic mass is 32.2. The van der Waals surface area contributed by atoms with E-state index in [4.69, 9.17) is 0 Å². The maximum absolute atomic E-state index is 13.5. The van der Waals surface area contributed by atoms with Crippen molar-refractivity contribution in [3.63, 3.8) is 0 Å². The number of nitrogens with zero attached hydrogens (tertiary/aromatic N) is 2. The second-order valence-corrected chi connectivity index (χ2v) is 13.8. The van der Waals surface area contributed by atoms with Crippen LogP contribution in [0.15, 0.2) is 63.1 Å². The van der Waals surface area contributed by atoms with E-state index in [1.54, 1.807) is 12.1 Å². The molecule has 2 aliphatic carbocycles. The van der Waals surface area contributed by atoms with Crippen LogP contribution in [0.5, 0.6) is 0 Å². The first-order chi connectivity index (χ1) is 17.9. The summed E-state index contributed by atoms with van der Waals surface area (Å²) in [7, 11) is -7.94. The van der Waals surface area contributed by atoms with Crippen molar-refractivity contribution in [2.75, 3.05) is 16.3 Å². The van der Waals surface area contributed by atoms with Crippen molar-refractivity contribution in [2.45, 2.75) is 43.0 Å². The zero-order valence-corrected chi connectivity index (χ0v) is 22.0. The lowest BCUT2D eigenvalue weighted by atomic mass is 9.77. The van der Waals surface area contributed by atoms with Crippen LogP contribution in [0, 0.1) is 23.6 Å². The summed E-state index contributed by atoms with van der Waals surface area (Å²) in [5, 5.41) is 25.9. The molecular weight excluding hydrogens is 535 g/mol. The summed E-state index contributed by atoms with van der Waals surface area (Å²) in [6.07, 6.45) is 2.40. The number of benzene rings is 2. The third-order valence-electron chi connectivity index (χ3n) is 7.98. The first-order valence-corrected chi connectivity index (χ1v) is 15.6. The van der Waals surface area contributed by atoms with Gasteiger partial charge in [0.25, 0.3) is 10.0 Å². The van der Waals surface area contributed by atoms with Gasteiger partial charge in [0.2, 0.25) is 10.0 Å². The van der Waals surface area contributed by atoms with Gasteiger partial charge in [-0.15, -0.1) is 4.40 Å². The molecule has 2 fully saturated rings. The maximum Gasteiger partial charge on any atom is 0.286 e. The summed E-state index contributed by atoms with van der Waals surface area (Å²) >= 11 is 0. The fourth-order valence-electron chi connectivity index (χ4n) is 6.55. The second kappa shape index (κ2) is 8.76. The van der Waals surface area contributed by atoms with Crippen LogP contribution in [0.2, 0.25) is 0 Å². The summed E-state index contributed by atoms with van der Waals surface area (Å²) in [5.41, 5.74) is 0.968. The van der Waals surface area contributed by atoms with E-state index >= 15 is 0 Å². The van der Waals surface area contributed by atoms with Crippen molar-refractivity contribution in [2.24, 2.45) is 22.2 Å². The van der Waals surface area contributed by atoms with Crippen LogP contribution in [-0.4, -0.2) is 56.3 Å². The maximum atomic E-state index is 13.5. The van der Waals surface area contributed by atoms with E-state index in [-0.39, 0.29) is 69.6 Å². The van der Waals surface area contributed by atoms with Gasteiger partial charge in [0, 0.05) is 24.2 Å². The van der Waals surface area contributed by atoms with Gasteiger partial charge < -0.3 is 15.5 Å². The topological polar surface area (TPSA) is 148 Å². The summed E-state index contributed by atoms with van der Waals surface area (Å²) in [6, 6.07) is 9.81. The van der Waals surface area contributed by atoms with Crippen molar-refractivity contribution in [1.29, 1.82) is 0 Å². The monoisotopic (exact) mass is 562 g/mol. The fourth-order valence-corrected chi connectivity index (χ4v) is 8.26.